The Morgan fingerprint density at radius 3 is 2.27 bits per heavy atom. The van der Waals surface area contributed by atoms with Crippen molar-refractivity contribution in [3.63, 3.8) is 0 Å². The van der Waals surface area contributed by atoms with Crippen molar-refractivity contribution < 1.29 is 9.90 Å². The smallest absolute Gasteiger partial charge is 0.135 e. The van der Waals surface area contributed by atoms with Gasteiger partial charge in [-0.15, -0.1) is 0 Å². The van der Waals surface area contributed by atoms with Crippen LogP contribution in [0.1, 0.15) is 40.0 Å². The van der Waals surface area contributed by atoms with Crippen LogP contribution in [0.4, 0.5) is 0 Å². The van der Waals surface area contributed by atoms with Crippen LogP contribution in [0.15, 0.2) is 0 Å². The van der Waals surface area contributed by atoms with Crippen molar-refractivity contribution in [1.82, 2.24) is 0 Å². The molecular formula is C9H16O2. The minimum atomic E-state index is -0.803. The number of Topliss-reactive ketones (excluding diaryl/α,β-unsaturated/α-hetero) is 1. The van der Waals surface area contributed by atoms with E-state index < -0.39 is 5.60 Å². The van der Waals surface area contributed by atoms with Crippen molar-refractivity contribution in [2.75, 3.05) is 0 Å². The Labute approximate surface area is 67.6 Å². The van der Waals surface area contributed by atoms with Gasteiger partial charge in [-0.25, -0.2) is 0 Å². The Bertz CT molecular complexity index is 180. The molecule has 1 fully saturated rings. The lowest BCUT2D eigenvalue weighted by Gasteiger charge is -2.43. The molecule has 1 aliphatic carbocycles. The van der Waals surface area contributed by atoms with E-state index in [4.69, 9.17) is 0 Å². The molecule has 0 amide bonds. The molecule has 0 heterocycles. The molecule has 0 bridgehead atoms. The number of carbonyl (C=O) groups excluding carboxylic acids is 1. The summed E-state index contributed by atoms with van der Waals surface area (Å²) in [6.07, 6.45) is 1.75. The fourth-order valence-electron chi connectivity index (χ4n) is 1.43. The van der Waals surface area contributed by atoms with Crippen molar-refractivity contribution in [1.29, 1.82) is 0 Å². The van der Waals surface area contributed by atoms with Crippen molar-refractivity contribution in [3.05, 3.63) is 0 Å². The Balaban J connectivity index is 2.80. The molecule has 0 aromatic rings. The van der Waals surface area contributed by atoms with Gasteiger partial charge in [0, 0.05) is 12.8 Å². The molecule has 0 spiro atoms. The molecule has 0 saturated heterocycles. The molecule has 64 valence electrons. The summed E-state index contributed by atoms with van der Waals surface area (Å²) in [5, 5.41) is 9.85. The first-order chi connectivity index (χ1) is 4.85. The summed E-state index contributed by atoms with van der Waals surface area (Å²) in [6, 6.07) is 0. The van der Waals surface area contributed by atoms with Crippen molar-refractivity contribution >= 4 is 5.78 Å². The maximum Gasteiger partial charge on any atom is 0.135 e. The second-order valence-electron chi connectivity index (χ2n) is 4.37. The second kappa shape index (κ2) is 2.31. The molecule has 2 heteroatoms. The number of aliphatic hydroxyl groups is 1. The molecule has 1 aliphatic rings. The molecule has 0 aliphatic heterocycles. The van der Waals surface area contributed by atoms with E-state index in [0.29, 0.717) is 12.8 Å². The third kappa shape index (κ3) is 1.45. The van der Waals surface area contributed by atoms with E-state index in [1.807, 2.05) is 13.8 Å². The zero-order valence-electron chi connectivity index (χ0n) is 7.48. The lowest BCUT2D eigenvalue weighted by molar-refractivity contribution is -0.139. The number of hydrogen-bond acceptors (Lipinski definition) is 2. The second-order valence-corrected chi connectivity index (χ2v) is 4.37. The van der Waals surface area contributed by atoms with Crippen LogP contribution in [0.3, 0.4) is 0 Å². The van der Waals surface area contributed by atoms with Gasteiger partial charge in [-0.05, 0) is 18.8 Å². The van der Waals surface area contributed by atoms with Crippen LogP contribution in [0.5, 0.6) is 0 Å². The fraction of sp³-hybridized carbons (Fsp3) is 0.889. The van der Waals surface area contributed by atoms with Gasteiger partial charge in [0.2, 0.25) is 0 Å². The van der Waals surface area contributed by atoms with Gasteiger partial charge < -0.3 is 5.11 Å². The third-order valence-corrected chi connectivity index (χ3v) is 3.03. The Kier molecular flexibility index (Phi) is 1.83. The quantitative estimate of drug-likeness (QED) is 0.577. The fourth-order valence-corrected chi connectivity index (χ4v) is 1.43. The van der Waals surface area contributed by atoms with Crippen molar-refractivity contribution in [3.8, 4) is 0 Å². The van der Waals surface area contributed by atoms with E-state index in [2.05, 4.69) is 0 Å². The van der Waals surface area contributed by atoms with Gasteiger partial charge in [-0.2, -0.15) is 0 Å². The van der Waals surface area contributed by atoms with Crippen LogP contribution < -0.4 is 0 Å². The van der Waals surface area contributed by atoms with Crippen LogP contribution in [0, 0.1) is 5.41 Å². The molecule has 1 saturated carbocycles. The topological polar surface area (TPSA) is 37.3 Å². The average Bonchev–Trinajstić information content (AvgIpc) is 1.80. The van der Waals surface area contributed by atoms with E-state index in [1.165, 1.54) is 0 Å². The standard InChI is InChI=1S/C9H16O2/c1-8(2)5-4-7(10)6-9(8,3)11/h11H,4-6H2,1-3H3/t9-/m0/s1. The molecule has 11 heavy (non-hydrogen) atoms. The van der Waals surface area contributed by atoms with Gasteiger partial charge in [0.05, 0.1) is 5.60 Å². The molecule has 0 aromatic carbocycles. The Morgan fingerprint density at radius 1 is 1.36 bits per heavy atom. The number of ketones is 1. The van der Waals surface area contributed by atoms with Gasteiger partial charge in [-0.3, -0.25) is 4.79 Å². The molecule has 1 atom stereocenters. The Hall–Kier alpha value is -0.370. The zero-order valence-corrected chi connectivity index (χ0v) is 7.48. The highest BCUT2D eigenvalue weighted by atomic mass is 16.3. The van der Waals surface area contributed by atoms with Gasteiger partial charge in [-0.1, -0.05) is 13.8 Å². The van der Waals surface area contributed by atoms with Crippen LogP contribution in [0.2, 0.25) is 0 Å². The summed E-state index contributed by atoms with van der Waals surface area (Å²) in [6.45, 7) is 5.78. The predicted octanol–water partition coefficient (Wildman–Crippen LogP) is 1.52. The third-order valence-electron chi connectivity index (χ3n) is 3.03. The molecule has 2 nitrogen and oxygen atoms in total. The molecule has 0 unspecified atom stereocenters. The van der Waals surface area contributed by atoms with E-state index in [0.717, 1.165) is 6.42 Å². The molecule has 0 aromatic heterocycles. The van der Waals surface area contributed by atoms with Gasteiger partial charge in [0.15, 0.2) is 0 Å². The first kappa shape index (κ1) is 8.72. The first-order valence-corrected chi connectivity index (χ1v) is 4.09. The number of hydrogen-bond donors (Lipinski definition) is 1. The Morgan fingerprint density at radius 2 is 1.91 bits per heavy atom. The molecule has 0 radical (unpaired) electrons. The monoisotopic (exact) mass is 156 g/mol. The largest absolute Gasteiger partial charge is 0.389 e. The molecular weight excluding hydrogens is 140 g/mol. The van der Waals surface area contributed by atoms with E-state index in [1.54, 1.807) is 6.92 Å². The SMILES string of the molecule is CC1(C)CCC(=O)C[C@]1(C)O. The molecule has 1 rings (SSSR count). The number of carbonyl (C=O) groups is 1. The minimum absolute atomic E-state index is 0.110. The summed E-state index contributed by atoms with van der Waals surface area (Å²) in [4.78, 5) is 11.0. The van der Waals surface area contributed by atoms with E-state index in [9.17, 15) is 9.90 Å². The van der Waals surface area contributed by atoms with Gasteiger partial charge >= 0.3 is 0 Å². The van der Waals surface area contributed by atoms with Crippen LogP contribution in [0.25, 0.3) is 0 Å². The van der Waals surface area contributed by atoms with Crippen LogP contribution in [-0.4, -0.2) is 16.5 Å². The van der Waals surface area contributed by atoms with Crippen LogP contribution >= 0.6 is 0 Å². The molecule has 1 N–H and O–H groups in total. The zero-order chi connectivity index (χ0) is 8.70. The maximum absolute atomic E-state index is 11.0. The minimum Gasteiger partial charge on any atom is -0.389 e. The normalized spacial score (nSPS) is 37.3. The summed E-state index contributed by atoms with van der Waals surface area (Å²) < 4.78 is 0. The van der Waals surface area contributed by atoms with Crippen molar-refractivity contribution in [2.45, 2.75) is 45.6 Å². The lowest BCUT2D eigenvalue weighted by Crippen LogP contribution is -2.47. The predicted molar refractivity (Wildman–Crippen MR) is 43.3 cm³/mol. The highest BCUT2D eigenvalue weighted by molar-refractivity contribution is 5.80. The van der Waals surface area contributed by atoms with E-state index >= 15 is 0 Å². The highest BCUT2D eigenvalue weighted by Gasteiger charge is 2.43. The summed E-state index contributed by atoms with van der Waals surface area (Å²) >= 11 is 0. The lowest BCUT2D eigenvalue weighted by atomic mass is 9.66. The van der Waals surface area contributed by atoms with Gasteiger partial charge in [0.1, 0.15) is 5.78 Å². The van der Waals surface area contributed by atoms with Crippen molar-refractivity contribution in [2.24, 2.45) is 5.41 Å². The summed E-state index contributed by atoms with van der Waals surface area (Å²) in [7, 11) is 0. The average molecular weight is 156 g/mol. The van der Waals surface area contributed by atoms with Gasteiger partial charge in [0.25, 0.3) is 0 Å². The summed E-state index contributed by atoms with van der Waals surface area (Å²) in [5.41, 5.74) is -0.913. The van der Waals surface area contributed by atoms with E-state index in [-0.39, 0.29) is 11.2 Å². The maximum atomic E-state index is 11.0. The number of rotatable bonds is 0. The van der Waals surface area contributed by atoms with Crippen LogP contribution in [-0.2, 0) is 4.79 Å². The first-order valence-electron chi connectivity index (χ1n) is 4.09. The summed E-state index contributed by atoms with van der Waals surface area (Å²) in [5.74, 6) is 0.189. The highest BCUT2D eigenvalue weighted by Crippen LogP contribution is 2.41.